The van der Waals surface area contributed by atoms with E-state index in [1.807, 2.05) is 19.9 Å². The van der Waals surface area contributed by atoms with Crippen LogP contribution in [0.25, 0.3) is 0 Å². The largest absolute Gasteiger partial charge is 0.394 e. The fraction of sp³-hybridized carbons (Fsp3) is 0.625. The van der Waals surface area contributed by atoms with Crippen LogP contribution in [0.15, 0.2) is 6.07 Å². The molecule has 0 aliphatic heterocycles. The van der Waals surface area contributed by atoms with E-state index in [-0.39, 0.29) is 12.1 Å². The first kappa shape index (κ1) is 14.8. The minimum absolute atomic E-state index is 0.0998. The highest BCUT2D eigenvalue weighted by atomic mass is 16.3. The molecule has 2 atom stereocenters. The second-order valence-electron chi connectivity index (χ2n) is 6.15. The predicted octanol–water partition coefficient (Wildman–Crippen LogP) is 2.92. The van der Waals surface area contributed by atoms with Crippen molar-refractivity contribution < 1.29 is 5.11 Å². The molecule has 0 spiro atoms. The van der Waals surface area contributed by atoms with Gasteiger partial charge in [-0.25, -0.2) is 0 Å². The van der Waals surface area contributed by atoms with Crippen LogP contribution in [0.4, 0.5) is 5.69 Å². The quantitative estimate of drug-likeness (QED) is 0.888. The number of aliphatic hydroxyl groups is 1. The summed E-state index contributed by atoms with van der Waals surface area (Å²) < 4.78 is 0. The monoisotopic (exact) mass is 273 g/mol. The summed E-state index contributed by atoms with van der Waals surface area (Å²) in [7, 11) is 0. The second kappa shape index (κ2) is 5.80. The molecule has 2 unspecified atom stereocenters. The third kappa shape index (κ3) is 2.94. The topological polar surface area (TPSA) is 68.9 Å². The maximum atomic E-state index is 9.86. The molecule has 0 saturated heterocycles. The number of nitriles is 1. The zero-order chi connectivity index (χ0) is 14.8. The van der Waals surface area contributed by atoms with Gasteiger partial charge in [-0.3, -0.25) is 4.98 Å². The lowest BCUT2D eigenvalue weighted by molar-refractivity contribution is 0.149. The van der Waals surface area contributed by atoms with Crippen molar-refractivity contribution in [1.82, 2.24) is 4.98 Å². The fourth-order valence-electron chi connectivity index (χ4n) is 3.31. The summed E-state index contributed by atoms with van der Waals surface area (Å²) in [4.78, 5) is 4.34. The molecular weight excluding hydrogens is 250 g/mol. The Morgan fingerprint density at radius 3 is 2.90 bits per heavy atom. The smallest absolute Gasteiger partial charge is 0.103 e. The van der Waals surface area contributed by atoms with Crippen LogP contribution in [0.2, 0.25) is 0 Å². The number of aromatic nitrogens is 1. The highest BCUT2D eigenvalue weighted by Gasteiger charge is 2.35. The molecule has 0 aromatic carbocycles. The SMILES string of the molecule is Cc1cc(NC2(CO)CCCC(C)C2)c(C#N)c(C)n1. The third-order valence-electron chi connectivity index (χ3n) is 4.23. The predicted molar refractivity (Wildman–Crippen MR) is 79.5 cm³/mol. The number of nitrogens with one attached hydrogen (secondary N) is 1. The lowest BCUT2D eigenvalue weighted by atomic mass is 9.76. The van der Waals surface area contributed by atoms with E-state index in [1.165, 1.54) is 6.42 Å². The van der Waals surface area contributed by atoms with Gasteiger partial charge < -0.3 is 10.4 Å². The van der Waals surface area contributed by atoms with Crippen LogP contribution < -0.4 is 5.32 Å². The summed E-state index contributed by atoms with van der Waals surface area (Å²) >= 11 is 0. The molecule has 0 amide bonds. The molecule has 2 rings (SSSR count). The number of anilines is 1. The van der Waals surface area contributed by atoms with Crippen molar-refractivity contribution in [3.05, 3.63) is 23.0 Å². The lowest BCUT2D eigenvalue weighted by Crippen LogP contribution is -2.46. The number of rotatable bonds is 3. The van der Waals surface area contributed by atoms with Gasteiger partial charge in [0, 0.05) is 5.69 Å². The Hall–Kier alpha value is -1.60. The second-order valence-corrected chi connectivity index (χ2v) is 6.15. The van der Waals surface area contributed by atoms with Crippen LogP contribution in [-0.2, 0) is 0 Å². The van der Waals surface area contributed by atoms with E-state index in [9.17, 15) is 10.4 Å². The zero-order valence-corrected chi connectivity index (χ0v) is 12.5. The summed E-state index contributed by atoms with van der Waals surface area (Å²) in [6.07, 6.45) is 4.20. The molecule has 4 nitrogen and oxygen atoms in total. The van der Waals surface area contributed by atoms with Crippen molar-refractivity contribution in [3.63, 3.8) is 0 Å². The summed E-state index contributed by atoms with van der Waals surface area (Å²) in [6.45, 7) is 6.10. The average molecular weight is 273 g/mol. The molecule has 1 fully saturated rings. The first-order valence-corrected chi connectivity index (χ1v) is 7.27. The molecule has 4 heteroatoms. The third-order valence-corrected chi connectivity index (χ3v) is 4.23. The van der Waals surface area contributed by atoms with Gasteiger partial charge in [0.05, 0.1) is 29.1 Å². The van der Waals surface area contributed by atoms with Crippen LogP contribution in [-0.4, -0.2) is 22.2 Å². The molecule has 1 aliphatic carbocycles. The van der Waals surface area contributed by atoms with Crippen molar-refractivity contribution in [2.45, 2.75) is 52.0 Å². The molecule has 1 aliphatic rings. The van der Waals surface area contributed by atoms with Gasteiger partial charge >= 0.3 is 0 Å². The van der Waals surface area contributed by atoms with Gasteiger partial charge in [0.2, 0.25) is 0 Å². The first-order chi connectivity index (χ1) is 9.49. The number of nitrogens with zero attached hydrogens (tertiary/aromatic N) is 2. The van der Waals surface area contributed by atoms with Gasteiger partial charge in [0.1, 0.15) is 6.07 Å². The van der Waals surface area contributed by atoms with E-state index in [0.29, 0.717) is 11.5 Å². The number of hydrogen-bond acceptors (Lipinski definition) is 4. The maximum absolute atomic E-state index is 9.86. The van der Waals surface area contributed by atoms with E-state index in [0.717, 1.165) is 36.3 Å². The average Bonchev–Trinajstić information content (AvgIpc) is 2.38. The number of pyridine rings is 1. The zero-order valence-electron chi connectivity index (χ0n) is 12.5. The Balaban J connectivity index is 2.35. The van der Waals surface area contributed by atoms with Crippen molar-refractivity contribution in [1.29, 1.82) is 5.26 Å². The molecular formula is C16H23N3O. The van der Waals surface area contributed by atoms with Crippen molar-refractivity contribution in [3.8, 4) is 6.07 Å². The molecule has 0 radical (unpaired) electrons. The molecule has 1 heterocycles. The lowest BCUT2D eigenvalue weighted by Gasteiger charge is -2.40. The van der Waals surface area contributed by atoms with Crippen molar-refractivity contribution in [2.75, 3.05) is 11.9 Å². The Morgan fingerprint density at radius 1 is 1.55 bits per heavy atom. The van der Waals surface area contributed by atoms with Crippen molar-refractivity contribution >= 4 is 5.69 Å². The number of aryl methyl sites for hydroxylation is 2. The molecule has 1 saturated carbocycles. The minimum atomic E-state index is -0.302. The van der Waals surface area contributed by atoms with Crippen LogP contribution in [0.5, 0.6) is 0 Å². The Morgan fingerprint density at radius 2 is 2.30 bits per heavy atom. The van der Waals surface area contributed by atoms with E-state index >= 15 is 0 Å². The molecule has 0 bridgehead atoms. The van der Waals surface area contributed by atoms with Gasteiger partial charge in [0.25, 0.3) is 0 Å². The molecule has 108 valence electrons. The van der Waals surface area contributed by atoms with E-state index in [1.54, 1.807) is 0 Å². The van der Waals surface area contributed by atoms with Crippen molar-refractivity contribution in [2.24, 2.45) is 5.92 Å². The normalized spacial score (nSPS) is 26.1. The fourth-order valence-corrected chi connectivity index (χ4v) is 3.31. The first-order valence-electron chi connectivity index (χ1n) is 7.27. The molecule has 1 aromatic rings. The highest BCUT2D eigenvalue weighted by Crippen LogP contribution is 2.35. The molecule has 20 heavy (non-hydrogen) atoms. The van der Waals surface area contributed by atoms with Gasteiger partial charge in [-0.2, -0.15) is 5.26 Å². The van der Waals surface area contributed by atoms with Gasteiger partial charge in [-0.15, -0.1) is 0 Å². The minimum Gasteiger partial charge on any atom is -0.394 e. The molecule has 2 N–H and O–H groups in total. The van der Waals surface area contributed by atoms with E-state index < -0.39 is 0 Å². The van der Waals surface area contributed by atoms with Crippen LogP contribution >= 0.6 is 0 Å². The number of hydrogen-bond donors (Lipinski definition) is 2. The van der Waals surface area contributed by atoms with Crippen LogP contribution in [0, 0.1) is 31.1 Å². The highest BCUT2D eigenvalue weighted by molar-refractivity contribution is 5.61. The number of aliphatic hydroxyl groups excluding tert-OH is 1. The maximum Gasteiger partial charge on any atom is 0.103 e. The summed E-state index contributed by atoms with van der Waals surface area (Å²) in [5.74, 6) is 0.595. The van der Waals surface area contributed by atoms with E-state index in [4.69, 9.17) is 0 Å². The van der Waals surface area contributed by atoms with Crippen LogP contribution in [0.3, 0.4) is 0 Å². The Labute approximate surface area is 120 Å². The summed E-state index contributed by atoms with van der Waals surface area (Å²) in [5.41, 5.74) is 2.72. The van der Waals surface area contributed by atoms with Crippen LogP contribution in [0.1, 0.15) is 49.6 Å². The van der Waals surface area contributed by atoms with Gasteiger partial charge in [-0.05, 0) is 38.7 Å². The summed E-state index contributed by atoms with van der Waals surface area (Å²) in [5, 5.41) is 22.7. The molecule has 1 aromatic heterocycles. The summed E-state index contributed by atoms with van der Waals surface area (Å²) in [6, 6.07) is 4.13. The van der Waals surface area contributed by atoms with Gasteiger partial charge in [0.15, 0.2) is 0 Å². The Bertz CT molecular complexity index is 535. The van der Waals surface area contributed by atoms with E-state index in [2.05, 4.69) is 23.3 Å². The Kier molecular flexibility index (Phi) is 4.29. The van der Waals surface area contributed by atoms with Gasteiger partial charge in [-0.1, -0.05) is 19.8 Å². The standard InChI is InChI=1S/C16H23N3O/c1-11-5-4-6-16(8-11,10-20)19-15-7-12(2)18-13(3)14(15)9-17/h7,11,20H,4-6,8,10H2,1-3H3,(H,18,19).